The molecule has 0 saturated carbocycles. The minimum Gasteiger partial charge on any atom is -0.395 e. The van der Waals surface area contributed by atoms with Crippen LogP contribution in [-0.4, -0.2) is 87.3 Å². The van der Waals surface area contributed by atoms with Crippen LogP contribution < -0.4 is 10.2 Å². The number of hydrogen-bond donors (Lipinski definition) is 3. The maximum Gasteiger partial charge on any atom is 0.229 e. The zero-order valence-corrected chi connectivity index (χ0v) is 16.8. The Balaban J connectivity index is 1.71. The number of halogens is 1. The summed E-state index contributed by atoms with van der Waals surface area (Å²) in [4.78, 5) is 13.9. The topological polar surface area (TPSA) is 103 Å². The largest absolute Gasteiger partial charge is 0.395 e. The molecule has 0 unspecified atom stereocenters. The van der Waals surface area contributed by atoms with Gasteiger partial charge in [-0.1, -0.05) is 11.6 Å². The van der Waals surface area contributed by atoms with Gasteiger partial charge in [-0.25, -0.2) is 4.68 Å². The van der Waals surface area contributed by atoms with Crippen LogP contribution in [-0.2, 0) is 0 Å². The van der Waals surface area contributed by atoms with Gasteiger partial charge in [0, 0.05) is 44.3 Å². The van der Waals surface area contributed by atoms with Crippen LogP contribution in [0.15, 0.2) is 30.5 Å². The number of anilines is 2. The molecule has 1 aliphatic rings. The standard InChI is InChI=1S/C19H24ClN7O2/c20-14-1-3-15(4-2-14)27-18-16(13-22-27)17(21-5-11-28)23-19(24-18)26-8-6-25(7-9-26)10-12-29/h1-4,13,28-29H,5-12H2,(H,21,23,24). The fourth-order valence-electron chi connectivity index (χ4n) is 3.43. The summed E-state index contributed by atoms with van der Waals surface area (Å²) in [5.41, 5.74) is 1.55. The molecule has 0 radical (unpaired) electrons. The molecule has 1 saturated heterocycles. The maximum atomic E-state index is 9.23. The lowest BCUT2D eigenvalue weighted by Gasteiger charge is -2.34. The van der Waals surface area contributed by atoms with E-state index in [-0.39, 0.29) is 13.2 Å². The molecule has 4 rings (SSSR count). The van der Waals surface area contributed by atoms with E-state index in [4.69, 9.17) is 26.7 Å². The van der Waals surface area contributed by atoms with Crippen molar-refractivity contribution in [1.29, 1.82) is 0 Å². The summed E-state index contributed by atoms with van der Waals surface area (Å²) < 4.78 is 1.77. The first-order chi connectivity index (χ1) is 14.2. The normalized spacial score (nSPS) is 15.2. The van der Waals surface area contributed by atoms with E-state index in [0.29, 0.717) is 35.5 Å². The third-order valence-electron chi connectivity index (χ3n) is 4.96. The molecule has 3 N–H and O–H groups in total. The van der Waals surface area contributed by atoms with E-state index >= 15 is 0 Å². The molecule has 154 valence electrons. The monoisotopic (exact) mass is 417 g/mol. The highest BCUT2D eigenvalue weighted by Crippen LogP contribution is 2.26. The average Bonchev–Trinajstić information content (AvgIpc) is 3.17. The third kappa shape index (κ3) is 4.27. The van der Waals surface area contributed by atoms with Gasteiger partial charge in [-0.15, -0.1) is 0 Å². The smallest absolute Gasteiger partial charge is 0.229 e. The molecule has 1 aromatic carbocycles. The first-order valence-corrected chi connectivity index (χ1v) is 10.0. The summed E-state index contributed by atoms with van der Waals surface area (Å²) in [6, 6.07) is 7.42. The zero-order valence-electron chi connectivity index (χ0n) is 16.0. The van der Waals surface area contributed by atoms with Gasteiger partial charge in [-0.2, -0.15) is 15.1 Å². The number of aliphatic hydroxyl groups excluding tert-OH is 2. The Morgan fingerprint density at radius 2 is 1.76 bits per heavy atom. The van der Waals surface area contributed by atoms with E-state index in [0.717, 1.165) is 37.3 Å². The van der Waals surface area contributed by atoms with Gasteiger partial charge in [-0.3, -0.25) is 4.90 Å². The number of piperazine rings is 1. The average molecular weight is 418 g/mol. The lowest BCUT2D eigenvalue weighted by atomic mass is 10.3. The number of fused-ring (bicyclic) bond motifs is 1. The minimum absolute atomic E-state index is 0.00594. The van der Waals surface area contributed by atoms with Gasteiger partial charge in [-0.05, 0) is 24.3 Å². The number of β-amino-alcohol motifs (C(OH)–C–C–N with tert-alkyl or cyclic N) is 1. The minimum atomic E-state index is 0.00594. The lowest BCUT2D eigenvalue weighted by Crippen LogP contribution is -2.47. The zero-order chi connectivity index (χ0) is 20.2. The second kappa shape index (κ2) is 8.91. The van der Waals surface area contributed by atoms with Gasteiger partial charge in [0.1, 0.15) is 5.82 Å². The fourth-order valence-corrected chi connectivity index (χ4v) is 3.56. The number of aliphatic hydroxyl groups is 2. The molecule has 0 spiro atoms. The molecule has 0 amide bonds. The van der Waals surface area contributed by atoms with Crippen molar-refractivity contribution in [2.24, 2.45) is 0 Å². The van der Waals surface area contributed by atoms with Gasteiger partial charge >= 0.3 is 0 Å². The van der Waals surface area contributed by atoms with Crippen LogP contribution in [0.5, 0.6) is 0 Å². The number of rotatable bonds is 7. The van der Waals surface area contributed by atoms with Crippen molar-refractivity contribution < 1.29 is 10.2 Å². The molecule has 29 heavy (non-hydrogen) atoms. The molecule has 1 aliphatic heterocycles. The highest BCUT2D eigenvalue weighted by molar-refractivity contribution is 6.30. The molecule has 3 heterocycles. The SMILES string of the molecule is OCCNc1nc(N2CCN(CCO)CC2)nc2c1cnn2-c1ccc(Cl)cc1. The number of hydrogen-bond acceptors (Lipinski definition) is 8. The molecule has 1 fully saturated rings. The van der Waals surface area contributed by atoms with Crippen LogP contribution in [0, 0.1) is 0 Å². The highest BCUT2D eigenvalue weighted by atomic mass is 35.5. The van der Waals surface area contributed by atoms with Crippen LogP contribution in [0.1, 0.15) is 0 Å². The molecule has 0 bridgehead atoms. The Bertz CT molecular complexity index is 955. The highest BCUT2D eigenvalue weighted by Gasteiger charge is 2.21. The molecule has 2 aromatic heterocycles. The quantitative estimate of drug-likeness (QED) is 0.523. The van der Waals surface area contributed by atoms with Crippen LogP contribution >= 0.6 is 11.6 Å². The Morgan fingerprint density at radius 3 is 2.45 bits per heavy atom. The Kier molecular flexibility index (Phi) is 6.10. The van der Waals surface area contributed by atoms with Crippen molar-refractivity contribution in [2.45, 2.75) is 0 Å². The molecule has 10 heteroatoms. The number of aromatic nitrogens is 4. The number of nitrogens with one attached hydrogen (secondary N) is 1. The molecular weight excluding hydrogens is 394 g/mol. The van der Waals surface area contributed by atoms with Gasteiger partial charge in [0.05, 0.1) is 30.5 Å². The van der Waals surface area contributed by atoms with E-state index in [1.54, 1.807) is 10.9 Å². The second-order valence-corrected chi connectivity index (χ2v) is 7.28. The van der Waals surface area contributed by atoms with Crippen LogP contribution in [0.3, 0.4) is 0 Å². The van der Waals surface area contributed by atoms with Gasteiger partial charge in [0.2, 0.25) is 5.95 Å². The summed E-state index contributed by atoms with van der Waals surface area (Å²) in [5.74, 6) is 1.27. The predicted molar refractivity (Wildman–Crippen MR) is 113 cm³/mol. The number of benzene rings is 1. The predicted octanol–water partition coefficient (Wildman–Crippen LogP) is 0.987. The van der Waals surface area contributed by atoms with Gasteiger partial charge < -0.3 is 20.4 Å². The van der Waals surface area contributed by atoms with Crippen molar-refractivity contribution in [3.8, 4) is 5.69 Å². The van der Waals surface area contributed by atoms with E-state index in [2.05, 4.69) is 20.2 Å². The van der Waals surface area contributed by atoms with Crippen molar-refractivity contribution >= 4 is 34.4 Å². The van der Waals surface area contributed by atoms with Gasteiger partial charge in [0.25, 0.3) is 0 Å². The van der Waals surface area contributed by atoms with E-state index in [1.165, 1.54) is 0 Å². The summed E-state index contributed by atoms with van der Waals surface area (Å²) >= 11 is 6.02. The van der Waals surface area contributed by atoms with E-state index < -0.39 is 0 Å². The first kappa shape index (κ1) is 19.8. The summed E-state index contributed by atoms with van der Waals surface area (Å²) in [5, 5.41) is 27.5. The molecule has 0 aliphatic carbocycles. The van der Waals surface area contributed by atoms with Crippen molar-refractivity contribution in [3.05, 3.63) is 35.5 Å². The number of nitrogens with zero attached hydrogens (tertiary/aromatic N) is 6. The van der Waals surface area contributed by atoms with Crippen LogP contribution in [0.25, 0.3) is 16.7 Å². The molecule has 9 nitrogen and oxygen atoms in total. The van der Waals surface area contributed by atoms with Crippen LogP contribution in [0.4, 0.5) is 11.8 Å². The lowest BCUT2D eigenvalue weighted by molar-refractivity contribution is 0.188. The van der Waals surface area contributed by atoms with Crippen molar-refractivity contribution in [2.75, 3.05) is 62.7 Å². The Hall–Kier alpha value is -2.46. The fraction of sp³-hybridized carbons (Fsp3) is 0.421. The van der Waals surface area contributed by atoms with Gasteiger partial charge in [0.15, 0.2) is 5.65 Å². The molecule has 3 aromatic rings. The maximum absolute atomic E-state index is 9.23. The Morgan fingerprint density at radius 1 is 1.00 bits per heavy atom. The molecular formula is C19H24ClN7O2. The summed E-state index contributed by atoms with van der Waals surface area (Å²) in [7, 11) is 0. The van der Waals surface area contributed by atoms with Crippen molar-refractivity contribution in [3.63, 3.8) is 0 Å². The summed E-state index contributed by atoms with van der Waals surface area (Å²) in [6.07, 6.45) is 1.73. The summed E-state index contributed by atoms with van der Waals surface area (Å²) in [6.45, 7) is 4.49. The van der Waals surface area contributed by atoms with Crippen LogP contribution in [0.2, 0.25) is 5.02 Å². The first-order valence-electron chi connectivity index (χ1n) is 9.64. The third-order valence-corrected chi connectivity index (χ3v) is 5.22. The van der Waals surface area contributed by atoms with Crippen molar-refractivity contribution in [1.82, 2.24) is 24.6 Å². The second-order valence-electron chi connectivity index (χ2n) is 6.84. The Labute approximate surface area is 173 Å². The van der Waals surface area contributed by atoms with E-state index in [9.17, 15) is 5.11 Å². The van der Waals surface area contributed by atoms with E-state index in [1.807, 2.05) is 24.3 Å². The molecule has 0 atom stereocenters.